The average Bonchev–Trinajstić information content (AvgIpc) is 2.44. The molecule has 0 aromatic heterocycles. The van der Waals surface area contributed by atoms with Gasteiger partial charge in [-0.25, -0.2) is 12.8 Å². The standard InChI is InChI=1S/C16H24FNO2S/c1-3-9-18-16(13-8-7-12(2)14(17)11-13)15-6-4-5-10-21(15,19)20/h7-8,11,15-16,18H,3-6,9-10H2,1-2H3. The van der Waals surface area contributed by atoms with Crippen LogP contribution in [-0.2, 0) is 9.84 Å². The van der Waals surface area contributed by atoms with Crippen molar-refractivity contribution in [2.75, 3.05) is 12.3 Å². The van der Waals surface area contributed by atoms with Crippen molar-refractivity contribution in [3.63, 3.8) is 0 Å². The van der Waals surface area contributed by atoms with Gasteiger partial charge in [0.05, 0.1) is 11.0 Å². The minimum Gasteiger partial charge on any atom is -0.309 e. The third-order valence-electron chi connectivity index (χ3n) is 4.17. The molecule has 1 aliphatic rings. The minimum atomic E-state index is -3.11. The number of hydrogen-bond acceptors (Lipinski definition) is 3. The number of rotatable bonds is 5. The predicted molar refractivity (Wildman–Crippen MR) is 83.6 cm³/mol. The van der Waals surface area contributed by atoms with Crippen molar-refractivity contribution in [2.45, 2.75) is 50.8 Å². The van der Waals surface area contributed by atoms with E-state index in [2.05, 4.69) is 5.32 Å². The monoisotopic (exact) mass is 313 g/mol. The molecule has 0 radical (unpaired) electrons. The third kappa shape index (κ3) is 3.83. The summed E-state index contributed by atoms with van der Waals surface area (Å²) in [7, 11) is -3.11. The van der Waals surface area contributed by atoms with Crippen LogP contribution in [-0.4, -0.2) is 26.0 Å². The summed E-state index contributed by atoms with van der Waals surface area (Å²) in [5.41, 5.74) is 1.32. The first-order valence-electron chi connectivity index (χ1n) is 7.66. The van der Waals surface area contributed by atoms with Gasteiger partial charge in [0.25, 0.3) is 0 Å². The Balaban J connectivity index is 2.35. The number of nitrogens with one attached hydrogen (secondary N) is 1. The molecule has 0 aliphatic carbocycles. The smallest absolute Gasteiger partial charge is 0.155 e. The molecular formula is C16H24FNO2S. The first-order chi connectivity index (χ1) is 9.95. The summed E-state index contributed by atoms with van der Waals surface area (Å²) >= 11 is 0. The third-order valence-corrected chi connectivity index (χ3v) is 6.46. The van der Waals surface area contributed by atoms with Crippen LogP contribution in [0.25, 0.3) is 0 Å². The minimum absolute atomic E-state index is 0.246. The van der Waals surface area contributed by atoms with Gasteiger partial charge < -0.3 is 5.32 Å². The molecule has 118 valence electrons. The molecule has 1 heterocycles. The van der Waals surface area contributed by atoms with Crippen molar-refractivity contribution in [3.8, 4) is 0 Å². The Kier molecular flexibility index (Phi) is 5.38. The number of aryl methyl sites for hydroxylation is 1. The van der Waals surface area contributed by atoms with Crippen molar-refractivity contribution in [3.05, 3.63) is 35.1 Å². The molecule has 2 atom stereocenters. The van der Waals surface area contributed by atoms with Crippen LogP contribution in [0.2, 0.25) is 0 Å². The van der Waals surface area contributed by atoms with E-state index in [1.807, 2.05) is 13.0 Å². The second-order valence-electron chi connectivity index (χ2n) is 5.84. The molecular weight excluding hydrogens is 289 g/mol. The summed E-state index contributed by atoms with van der Waals surface area (Å²) in [5.74, 6) is -0.0277. The molecule has 1 N–H and O–H groups in total. The number of benzene rings is 1. The molecule has 0 bridgehead atoms. The molecule has 1 aromatic carbocycles. The van der Waals surface area contributed by atoms with E-state index in [1.165, 1.54) is 6.07 Å². The molecule has 1 saturated heterocycles. The van der Waals surface area contributed by atoms with Crippen LogP contribution in [0.15, 0.2) is 18.2 Å². The fourth-order valence-electron chi connectivity index (χ4n) is 2.92. The Morgan fingerprint density at radius 1 is 1.38 bits per heavy atom. The van der Waals surface area contributed by atoms with Gasteiger partial charge in [0, 0.05) is 6.04 Å². The van der Waals surface area contributed by atoms with Gasteiger partial charge in [-0.05, 0) is 49.9 Å². The van der Waals surface area contributed by atoms with Crippen LogP contribution in [0, 0.1) is 12.7 Å². The van der Waals surface area contributed by atoms with E-state index >= 15 is 0 Å². The highest BCUT2D eigenvalue weighted by molar-refractivity contribution is 7.92. The summed E-state index contributed by atoms with van der Waals surface area (Å²) in [4.78, 5) is 0. The van der Waals surface area contributed by atoms with Crippen LogP contribution in [0.4, 0.5) is 4.39 Å². The molecule has 21 heavy (non-hydrogen) atoms. The molecule has 5 heteroatoms. The quantitative estimate of drug-likeness (QED) is 0.908. The number of sulfone groups is 1. The van der Waals surface area contributed by atoms with Crippen molar-refractivity contribution >= 4 is 9.84 Å². The van der Waals surface area contributed by atoms with E-state index in [0.717, 1.165) is 31.4 Å². The van der Waals surface area contributed by atoms with E-state index < -0.39 is 15.1 Å². The van der Waals surface area contributed by atoms with E-state index in [9.17, 15) is 12.8 Å². The molecule has 2 rings (SSSR count). The second kappa shape index (κ2) is 6.88. The molecule has 1 aromatic rings. The average molecular weight is 313 g/mol. The summed E-state index contributed by atoms with van der Waals surface area (Å²) in [6, 6.07) is 4.73. The first kappa shape index (κ1) is 16.4. The largest absolute Gasteiger partial charge is 0.309 e. The van der Waals surface area contributed by atoms with Crippen LogP contribution < -0.4 is 5.32 Å². The normalized spacial score (nSPS) is 22.9. The zero-order valence-corrected chi connectivity index (χ0v) is 13.5. The Labute approximate surface area is 126 Å². The van der Waals surface area contributed by atoms with Gasteiger partial charge in [0.15, 0.2) is 9.84 Å². The molecule has 1 fully saturated rings. The number of hydrogen-bond donors (Lipinski definition) is 1. The van der Waals surface area contributed by atoms with Gasteiger partial charge >= 0.3 is 0 Å². The lowest BCUT2D eigenvalue weighted by atomic mass is 9.98. The molecule has 2 unspecified atom stereocenters. The van der Waals surface area contributed by atoms with Crippen LogP contribution in [0.3, 0.4) is 0 Å². The summed E-state index contributed by atoms with van der Waals surface area (Å²) in [5, 5.41) is 2.87. The molecule has 1 aliphatic heterocycles. The van der Waals surface area contributed by atoms with Crippen molar-refractivity contribution in [1.29, 1.82) is 0 Å². The zero-order chi connectivity index (χ0) is 15.5. The van der Waals surface area contributed by atoms with Crippen molar-refractivity contribution < 1.29 is 12.8 Å². The molecule has 0 saturated carbocycles. The lowest BCUT2D eigenvalue weighted by molar-refractivity contribution is 0.444. The van der Waals surface area contributed by atoms with E-state index in [4.69, 9.17) is 0 Å². The molecule has 3 nitrogen and oxygen atoms in total. The highest BCUT2D eigenvalue weighted by Crippen LogP contribution is 2.31. The summed E-state index contributed by atoms with van der Waals surface area (Å²) < 4.78 is 38.6. The maximum absolute atomic E-state index is 13.8. The maximum Gasteiger partial charge on any atom is 0.155 e. The first-order valence-corrected chi connectivity index (χ1v) is 9.38. The van der Waals surface area contributed by atoms with Gasteiger partial charge in [0.2, 0.25) is 0 Å². The highest BCUT2D eigenvalue weighted by atomic mass is 32.2. The van der Waals surface area contributed by atoms with Crippen molar-refractivity contribution in [1.82, 2.24) is 5.32 Å². The SMILES string of the molecule is CCCNC(c1ccc(C)c(F)c1)C1CCCCS1(=O)=O. The van der Waals surface area contributed by atoms with Crippen LogP contribution >= 0.6 is 0 Å². The number of halogens is 1. The van der Waals surface area contributed by atoms with Gasteiger partial charge in [0.1, 0.15) is 5.82 Å². The second-order valence-corrected chi connectivity index (χ2v) is 8.18. The van der Waals surface area contributed by atoms with Gasteiger partial charge in [-0.2, -0.15) is 0 Å². The summed E-state index contributed by atoms with van der Waals surface area (Å²) in [6.07, 6.45) is 3.22. The maximum atomic E-state index is 13.8. The van der Waals surface area contributed by atoms with Gasteiger partial charge in [-0.3, -0.25) is 0 Å². The summed E-state index contributed by atoms with van der Waals surface area (Å²) in [6.45, 7) is 4.48. The van der Waals surface area contributed by atoms with E-state index in [1.54, 1.807) is 13.0 Å². The topological polar surface area (TPSA) is 46.2 Å². The Bertz CT molecular complexity index is 586. The van der Waals surface area contributed by atoms with Gasteiger partial charge in [-0.1, -0.05) is 25.5 Å². The highest BCUT2D eigenvalue weighted by Gasteiger charge is 2.36. The lowest BCUT2D eigenvalue weighted by Crippen LogP contribution is -2.41. The fourth-order valence-corrected chi connectivity index (χ4v) is 5.02. The fraction of sp³-hybridized carbons (Fsp3) is 0.625. The molecule has 0 spiro atoms. The molecule has 0 amide bonds. The Morgan fingerprint density at radius 3 is 2.76 bits per heavy atom. The van der Waals surface area contributed by atoms with Gasteiger partial charge in [-0.15, -0.1) is 0 Å². The van der Waals surface area contributed by atoms with E-state index in [-0.39, 0.29) is 17.6 Å². The lowest BCUT2D eigenvalue weighted by Gasteiger charge is -2.31. The Hall–Kier alpha value is -0.940. The van der Waals surface area contributed by atoms with E-state index in [0.29, 0.717) is 12.0 Å². The van der Waals surface area contributed by atoms with Crippen LogP contribution in [0.5, 0.6) is 0 Å². The zero-order valence-electron chi connectivity index (χ0n) is 12.7. The van der Waals surface area contributed by atoms with Crippen LogP contribution in [0.1, 0.15) is 49.8 Å². The van der Waals surface area contributed by atoms with Crippen molar-refractivity contribution in [2.24, 2.45) is 0 Å². The predicted octanol–water partition coefficient (Wildman–Crippen LogP) is 3.14. The Morgan fingerprint density at radius 2 is 2.14 bits per heavy atom.